The Labute approximate surface area is 137 Å². The first-order chi connectivity index (χ1) is 10.5. The molecular formula is C18H27NO2S. The molecule has 122 valence electrons. The van der Waals surface area contributed by atoms with Crippen LogP contribution in [-0.4, -0.2) is 34.7 Å². The highest BCUT2D eigenvalue weighted by atomic mass is 32.2. The number of aliphatic hydroxyl groups excluding tert-OH is 1. The minimum absolute atomic E-state index is 0.322. The molecule has 2 bridgehead atoms. The van der Waals surface area contributed by atoms with Gasteiger partial charge in [-0.25, -0.2) is 4.98 Å². The lowest BCUT2D eigenvalue weighted by Gasteiger charge is -2.29. The van der Waals surface area contributed by atoms with E-state index in [0.29, 0.717) is 35.7 Å². The van der Waals surface area contributed by atoms with E-state index >= 15 is 0 Å². The van der Waals surface area contributed by atoms with Gasteiger partial charge in [0.05, 0.1) is 23.8 Å². The number of nitrogens with zero attached hydrogens (tertiary/aromatic N) is 1. The zero-order chi connectivity index (χ0) is 15.7. The molecule has 22 heavy (non-hydrogen) atoms. The van der Waals surface area contributed by atoms with Gasteiger partial charge in [0.1, 0.15) is 0 Å². The number of aliphatic hydroxyl groups is 1. The van der Waals surface area contributed by atoms with Crippen molar-refractivity contribution >= 4 is 11.8 Å². The van der Waals surface area contributed by atoms with Gasteiger partial charge < -0.3 is 9.84 Å². The smallest absolute Gasteiger partial charge is 0.0960 e. The van der Waals surface area contributed by atoms with E-state index in [-0.39, 0.29) is 0 Å². The second kappa shape index (κ2) is 6.50. The van der Waals surface area contributed by atoms with Gasteiger partial charge in [-0.05, 0) is 48.1 Å². The molecule has 3 rings (SSSR count). The van der Waals surface area contributed by atoms with Gasteiger partial charge in [-0.1, -0.05) is 26.8 Å². The maximum absolute atomic E-state index is 10.2. The van der Waals surface area contributed by atoms with Gasteiger partial charge in [0.25, 0.3) is 0 Å². The summed E-state index contributed by atoms with van der Waals surface area (Å²) in [6, 6.07) is 5.85. The van der Waals surface area contributed by atoms with Crippen LogP contribution in [0.5, 0.6) is 0 Å². The van der Waals surface area contributed by atoms with Crippen molar-refractivity contribution in [1.29, 1.82) is 0 Å². The van der Waals surface area contributed by atoms with E-state index in [0.717, 1.165) is 10.9 Å². The van der Waals surface area contributed by atoms with E-state index in [1.165, 1.54) is 12.8 Å². The summed E-state index contributed by atoms with van der Waals surface area (Å²) in [7, 11) is 0. The van der Waals surface area contributed by atoms with Gasteiger partial charge in [-0.15, -0.1) is 11.8 Å². The van der Waals surface area contributed by atoms with Crippen LogP contribution in [0.3, 0.4) is 0 Å². The molecule has 0 spiro atoms. The molecule has 2 saturated carbocycles. The van der Waals surface area contributed by atoms with Crippen molar-refractivity contribution in [2.75, 3.05) is 12.4 Å². The molecule has 2 aliphatic carbocycles. The average Bonchev–Trinajstić information content (AvgIpc) is 2.90. The van der Waals surface area contributed by atoms with E-state index in [2.05, 4.69) is 25.8 Å². The minimum Gasteiger partial charge on any atom is -0.390 e. The lowest BCUT2D eigenvalue weighted by Crippen LogP contribution is -2.32. The van der Waals surface area contributed by atoms with Crippen LogP contribution in [0, 0.1) is 23.2 Å². The predicted octanol–water partition coefficient (Wildman–Crippen LogP) is 3.62. The largest absolute Gasteiger partial charge is 0.390 e. The predicted molar refractivity (Wildman–Crippen MR) is 89.9 cm³/mol. The molecule has 0 unspecified atom stereocenters. The van der Waals surface area contributed by atoms with Gasteiger partial charge in [-0.2, -0.15) is 0 Å². The monoisotopic (exact) mass is 321 g/mol. The summed E-state index contributed by atoms with van der Waals surface area (Å²) in [5, 5.41) is 11.1. The van der Waals surface area contributed by atoms with Crippen molar-refractivity contribution in [3.8, 4) is 0 Å². The Morgan fingerprint density at radius 3 is 2.77 bits per heavy atom. The number of fused-ring (bicyclic) bond motifs is 2. The van der Waals surface area contributed by atoms with Gasteiger partial charge in [0, 0.05) is 11.9 Å². The Morgan fingerprint density at radius 2 is 2.14 bits per heavy atom. The summed E-state index contributed by atoms with van der Waals surface area (Å²) in [6.45, 7) is 7.55. The van der Waals surface area contributed by atoms with Crippen LogP contribution in [-0.2, 0) is 4.74 Å². The Kier molecular flexibility index (Phi) is 4.81. The fourth-order valence-corrected chi connectivity index (χ4v) is 5.42. The van der Waals surface area contributed by atoms with Crippen molar-refractivity contribution in [3.05, 3.63) is 24.4 Å². The molecule has 3 nitrogen and oxygen atoms in total. The molecule has 0 radical (unpaired) electrons. The Bertz CT molecular complexity index is 493. The fourth-order valence-electron chi connectivity index (χ4n) is 4.65. The van der Waals surface area contributed by atoms with E-state index in [4.69, 9.17) is 4.74 Å². The maximum atomic E-state index is 10.2. The lowest BCUT2D eigenvalue weighted by molar-refractivity contribution is -0.0506. The highest BCUT2D eigenvalue weighted by Gasteiger charge is 2.57. The van der Waals surface area contributed by atoms with Crippen LogP contribution in [0.1, 0.15) is 33.6 Å². The summed E-state index contributed by atoms with van der Waals surface area (Å²) >= 11 is 1.59. The third-order valence-electron chi connectivity index (χ3n) is 5.79. The number of rotatable bonds is 6. The molecule has 1 heterocycles. The van der Waals surface area contributed by atoms with Crippen molar-refractivity contribution in [1.82, 2.24) is 4.98 Å². The van der Waals surface area contributed by atoms with Crippen molar-refractivity contribution in [2.24, 2.45) is 23.2 Å². The minimum atomic E-state index is -0.429. The topological polar surface area (TPSA) is 42.4 Å². The number of pyridine rings is 1. The van der Waals surface area contributed by atoms with E-state index < -0.39 is 6.10 Å². The number of hydrogen-bond acceptors (Lipinski definition) is 4. The zero-order valence-electron chi connectivity index (χ0n) is 13.7. The molecule has 0 amide bonds. The van der Waals surface area contributed by atoms with E-state index in [1.54, 1.807) is 18.0 Å². The molecule has 1 aromatic rings. The number of hydrogen-bond donors (Lipinski definition) is 1. The number of thioether (sulfide) groups is 1. The van der Waals surface area contributed by atoms with Gasteiger partial charge in [0.15, 0.2) is 0 Å². The Balaban J connectivity index is 1.47. The molecule has 0 saturated heterocycles. The quantitative estimate of drug-likeness (QED) is 0.813. The van der Waals surface area contributed by atoms with Crippen molar-refractivity contribution < 1.29 is 9.84 Å². The second-order valence-electron chi connectivity index (χ2n) is 7.40. The summed E-state index contributed by atoms with van der Waals surface area (Å²) in [6.07, 6.45) is 4.30. The summed E-state index contributed by atoms with van der Waals surface area (Å²) < 4.78 is 6.15. The lowest BCUT2D eigenvalue weighted by atomic mass is 9.80. The van der Waals surface area contributed by atoms with Gasteiger partial charge >= 0.3 is 0 Å². The van der Waals surface area contributed by atoms with E-state index in [1.807, 2.05) is 18.2 Å². The number of ether oxygens (including phenoxy) is 1. The molecule has 5 atom stereocenters. The molecule has 0 aromatic carbocycles. The van der Waals surface area contributed by atoms with Crippen LogP contribution in [0.15, 0.2) is 29.4 Å². The van der Waals surface area contributed by atoms with Crippen molar-refractivity contribution in [3.63, 3.8) is 0 Å². The van der Waals surface area contributed by atoms with E-state index in [9.17, 15) is 5.11 Å². The second-order valence-corrected chi connectivity index (χ2v) is 8.44. The van der Waals surface area contributed by atoms with Crippen LogP contribution in [0.25, 0.3) is 0 Å². The van der Waals surface area contributed by atoms with Gasteiger partial charge in [0.2, 0.25) is 0 Å². The SMILES string of the molecule is C[C@@H]1[C@@H](OC[C@@H](O)CSc2ccccn2)[C@H]2CC[C@H]1C2(C)C. The standard InChI is InChI=1S/C18H27NO2S/c1-12-14-7-8-15(18(14,2)3)17(12)21-10-13(20)11-22-16-6-4-5-9-19-16/h4-6,9,12-15,17,20H,7-8,10-11H2,1-3H3/t12-,13+,14+,15+,17+/m0/s1. The molecule has 1 N–H and O–H groups in total. The normalized spacial score (nSPS) is 34.0. The van der Waals surface area contributed by atoms with Crippen LogP contribution in [0.4, 0.5) is 0 Å². The highest BCUT2D eigenvalue weighted by molar-refractivity contribution is 7.99. The molecule has 1 aromatic heterocycles. The van der Waals surface area contributed by atoms with Crippen LogP contribution < -0.4 is 0 Å². The summed E-state index contributed by atoms with van der Waals surface area (Å²) in [5.74, 6) is 2.69. The third-order valence-corrected chi connectivity index (χ3v) is 6.88. The molecule has 2 fully saturated rings. The Hall–Kier alpha value is -0.580. The van der Waals surface area contributed by atoms with Crippen LogP contribution in [0.2, 0.25) is 0 Å². The third kappa shape index (κ3) is 3.06. The first kappa shape index (κ1) is 16.3. The maximum Gasteiger partial charge on any atom is 0.0960 e. The fraction of sp³-hybridized carbons (Fsp3) is 0.722. The number of aromatic nitrogens is 1. The zero-order valence-corrected chi connectivity index (χ0v) is 14.6. The van der Waals surface area contributed by atoms with Gasteiger partial charge in [-0.3, -0.25) is 0 Å². The highest BCUT2D eigenvalue weighted by Crippen LogP contribution is 2.60. The first-order valence-electron chi connectivity index (χ1n) is 8.33. The van der Waals surface area contributed by atoms with Crippen molar-refractivity contribution in [2.45, 2.75) is 50.8 Å². The molecule has 2 aliphatic rings. The molecule has 4 heteroatoms. The average molecular weight is 321 g/mol. The summed E-state index contributed by atoms with van der Waals surface area (Å²) in [4.78, 5) is 4.26. The van der Waals surface area contributed by atoms with Crippen LogP contribution >= 0.6 is 11.8 Å². The summed E-state index contributed by atoms with van der Waals surface area (Å²) in [5.41, 5.74) is 0.401. The molecule has 0 aliphatic heterocycles. The Morgan fingerprint density at radius 1 is 1.36 bits per heavy atom. The first-order valence-corrected chi connectivity index (χ1v) is 9.32. The molecular weight excluding hydrogens is 294 g/mol.